The minimum atomic E-state index is -4.46. The largest absolute Gasteiger partial charge is 0.416 e. The highest BCUT2D eigenvalue weighted by molar-refractivity contribution is 7.99. The molecule has 3 rings (SSSR count). The van der Waals surface area contributed by atoms with Gasteiger partial charge in [0.25, 0.3) is 0 Å². The van der Waals surface area contributed by atoms with E-state index in [4.69, 9.17) is 0 Å². The van der Waals surface area contributed by atoms with Crippen molar-refractivity contribution in [1.82, 2.24) is 4.31 Å². The molecule has 0 aliphatic carbocycles. The number of benzene rings is 1. The Hall–Kier alpha value is -0.730. The van der Waals surface area contributed by atoms with Gasteiger partial charge in [-0.1, -0.05) is 18.2 Å². The zero-order chi connectivity index (χ0) is 17.5. The van der Waals surface area contributed by atoms with Crippen molar-refractivity contribution < 1.29 is 21.6 Å². The summed E-state index contributed by atoms with van der Waals surface area (Å²) < 4.78 is 65.6. The molecule has 3 nitrogen and oxygen atoms in total. The van der Waals surface area contributed by atoms with Gasteiger partial charge in [0.15, 0.2) is 0 Å². The van der Waals surface area contributed by atoms with Crippen molar-refractivity contribution in [2.75, 3.05) is 6.26 Å². The molecule has 0 saturated carbocycles. The second-order valence-electron chi connectivity index (χ2n) is 6.50. The minimum Gasteiger partial charge on any atom is -0.212 e. The predicted octanol–water partition coefficient (Wildman–Crippen LogP) is 3.89. The van der Waals surface area contributed by atoms with E-state index in [1.54, 1.807) is 16.1 Å². The average molecular weight is 379 g/mol. The second kappa shape index (κ2) is 6.53. The van der Waals surface area contributed by atoms with Crippen LogP contribution in [0.25, 0.3) is 0 Å². The number of alkyl halides is 3. The molecule has 0 aromatic heterocycles. The number of hydrogen-bond acceptors (Lipinski definition) is 3. The molecule has 8 heteroatoms. The Labute approximate surface area is 144 Å². The third-order valence-electron chi connectivity index (χ3n) is 4.88. The molecule has 2 aliphatic rings. The quantitative estimate of drug-likeness (QED) is 0.796. The van der Waals surface area contributed by atoms with Gasteiger partial charge in [-0.3, -0.25) is 0 Å². The van der Waals surface area contributed by atoms with Crippen molar-refractivity contribution in [3.8, 4) is 0 Å². The molecule has 2 heterocycles. The molecule has 2 fully saturated rings. The fourth-order valence-corrected chi connectivity index (χ4v) is 6.72. The molecule has 2 bridgehead atoms. The number of hydrogen-bond donors (Lipinski definition) is 0. The topological polar surface area (TPSA) is 37.4 Å². The smallest absolute Gasteiger partial charge is 0.212 e. The highest BCUT2D eigenvalue weighted by atomic mass is 32.2. The van der Waals surface area contributed by atoms with E-state index in [1.807, 2.05) is 6.26 Å². The van der Waals surface area contributed by atoms with Crippen molar-refractivity contribution in [1.29, 1.82) is 0 Å². The summed E-state index contributed by atoms with van der Waals surface area (Å²) in [5.41, 5.74) is -0.615. The fourth-order valence-electron chi connectivity index (χ4n) is 3.85. The number of piperidine rings is 1. The van der Waals surface area contributed by atoms with Gasteiger partial charge in [-0.05, 0) is 43.6 Å². The maximum atomic E-state index is 12.8. The molecule has 1 aromatic rings. The maximum Gasteiger partial charge on any atom is 0.416 e. The van der Waals surface area contributed by atoms with E-state index >= 15 is 0 Å². The highest BCUT2D eigenvalue weighted by Gasteiger charge is 2.46. The molecular weight excluding hydrogens is 359 g/mol. The van der Waals surface area contributed by atoms with Crippen LogP contribution < -0.4 is 0 Å². The summed E-state index contributed by atoms with van der Waals surface area (Å²) in [6.45, 7) is 0. The van der Waals surface area contributed by atoms with Crippen molar-refractivity contribution in [3.05, 3.63) is 35.4 Å². The third-order valence-corrected chi connectivity index (χ3v) is 7.87. The fraction of sp³-hybridized carbons (Fsp3) is 0.625. The van der Waals surface area contributed by atoms with Crippen LogP contribution in [0.1, 0.15) is 36.8 Å². The Bertz CT molecular complexity index is 692. The van der Waals surface area contributed by atoms with Crippen LogP contribution in [0.15, 0.2) is 24.3 Å². The van der Waals surface area contributed by atoms with Crippen LogP contribution in [0.3, 0.4) is 0 Å². The first-order valence-electron chi connectivity index (χ1n) is 7.91. The summed E-state index contributed by atoms with van der Waals surface area (Å²) in [6.07, 6.45) is 0.943. The lowest BCUT2D eigenvalue weighted by atomic mass is 10.1. The second-order valence-corrected chi connectivity index (χ2v) is 9.51. The van der Waals surface area contributed by atoms with Crippen LogP contribution in [-0.2, 0) is 22.0 Å². The summed E-state index contributed by atoms with van der Waals surface area (Å²) in [7, 11) is -3.61. The van der Waals surface area contributed by atoms with E-state index in [0.717, 1.165) is 37.8 Å². The lowest BCUT2D eigenvalue weighted by Gasteiger charge is -2.37. The number of nitrogens with zero attached hydrogens (tertiary/aromatic N) is 1. The molecule has 2 saturated heterocycles. The first-order chi connectivity index (χ1) is 11.2. The monoisotopic (exact) mass is 379 g/mol. The molecule has 2 aliphatic heterocycles. The zero-order valence-corrected chi connectivity index (χ0v) is 14.9. The number of sulfonamides is 1. The number of rotatable bonds is 4. The molecule has 2 unspecified atom stereocenters. The van der Waals surface area contributed by atoms with Crippen molar-refractivity contribution in [2.45, 2.75) is 54.9 Å². The van der Waals surface area contributed by atoms with Crippen LogP contribution >= 0.6 is 11.8 Å². The third kappa shape index (κ3) is 3.60. The van der Waals surface area contributed by atoms with E-state index in [9.17, 15) is 21.6 Å². The van der Waals surface area contributed by atoms with Crippen LogP contribution in [0.4, 0.5) is 13.2 Å². The van der Waals surface area contributed by atoms with Gasteiger partial charge in [0.05, 0.1) is 11.3 Å². The van der Waals surface area contributed by atoms with Crippen molar-refractivity contribution >= 4 is 21.8 Å². The van der Waals surface area contributed by atoms with E-state index in [1.165, 1.54) is 12.1 Å². The Morgan fingerprint density at radius 2 is 1.83 bits per heavy atom. The van der Waals surface area contributed by atoms with E-state index in [-0.39, 0.29) is 23.4 Å². The summed E-state index contributed by atoms with van der Waals surface area (Å²) in [5, 5.41) is 0.475. The molecule has 134 valence electrons. The summed E-state index contributed by atoms with van der Waals surface area (Å²) in [6, 6.07) is 4.61. The lowest BCUT2D eigenvalue weighted by molar-refractivity contribution is -0.137. The standard InChI is InChI=1S/C16H20F3NO2S2/c1-23-15-8-13-5-6-14(9-15)20(13)24(21,22)10-11-3-2-4-12(7-11)16(17,18)19/h2-4,7,13-15H,5-6,8-10H2,1H3. The molecule has 24 heavy (non-hydrogen) atoms. The predicted molar refractivity (Wildman–Crippen MR) is 89.3 cm³/mol. The Morgan fingerprint density at radius 1 is 1.21 bits per heavy atom. The van der Waals surface area contributed by atoms with E-state index in [0.29, 0.717) is 5.25 Å². The molecule has 0 amide bonds. The van der Waals surface area contributed by atoms with E-state index in [2.05, 4.69) is 0 Å². The van der Waals surface area contributed by atoms with Crippen LogP contribution in [-0.4, -0.2) is 36.3 Å². The molecular formula is C16H20F3NO2S2. The Morgan fingerprint density at radius 3 is 2.38 bits per heavy atom. The lowest BCUT2D eigenvalue weighted by Crippen LogP contribution is -2.47. The van der Waals surface area contributed by atoms with Crippen LogP contribution in [0.5, 0.6) is 0 Å². The average Bonchev–Trinajstić information content (AvgIpc) is 2.78. The molecule has 0 N–H and O–H groups in total. The summed E-state index contributed by atoms with van der Waals surface area (Å²) in [4.78, 5) is 0. The van der Waals surface area contributed by atoms with Crippen LogP contribution in [0.2, 0.25) is 0 Å². The summed E-state index contributed by atoms with van der Waals surface area (Å²) in [5.74, 6) is -0.367. The van der Waals surface area contributed by atoms with Gasteiger partial charge in [0.2, 0.25) is 10.0 Å². The highest BCUT2D eigenvalue weighted by Crippen LogP contribution is 2.42. The maximum absolute atomic E-state index is 12.8. The van der Waals surface area contributed by atoms with Gasteiger partial charge in [0.1, 0.15) is 0 Å². The minimum absolute atomic E-state index is 0.00278. The van der Waals surface area contributed by atoms with Gasteiger partial charge in [-0.15, -0.1) is 0 Å². The van der Waals surface area contributed by atoms with Crippen LogP contribution in [0, 0.1) is 0 Å². The van der Waals surface area contributed by atoms with Crippen molar-refractivity contribution in [3.63, 3.8) is 0 Å². The molecule has 2 atom stereocenters. The zero-order valence-electron chi connectivity index (χ0n) is 13.3. The Balaban J connectivity index is 1.80. The van der Waals surface area contributed by atoms with Gasteiger partial charge < -0.3 is 0 Å². The number of thioether (sulfide) groups is 1. The molecule has 1 aromatic carbocycles. The van der Waals surface area contributed by atoms with Gasteiger partial charge >= 0.3 is 6.18 Å². The molecule has 0 radical (unpaired) electrons. The first kappa shape index (κ1) is 18.1. The summed E-state index contributed by atoms with van der Waals surface area (Å²) >= 11 is 1.77. The Kier molecular flexibility index (Phi) is 4.92. The van der Waals surface area contributed by atoms with Gasteiger partial charge in [-0.25, -0.2) is 8.42 Å². The normalized spacial score (nSPS) is 28.2. The van der Waals surface area contributed by atoms with Crippen molar-refractivity contribution in [2.24, 2.45) is 0 Å². The van der Waals surface area contributed by atoms with Gasteiger partial charge in [0, 0.05) is 17.3 Å². The number of fused-ring (bicyclic) bond motifs is 2. The van der Waals surface area contributed by atoms with E-state index < -0.39 is 21.8 Å². The first-order valence-corrected chi connectivity index (χ1v) is 10.8. The van der Waals surface area contributed by atoms with Gasteiger partial charge in [-0.2, -0.15) is 29.2 Å². The SMILES string of the molecule is CSC1CC2CCC(C1)N2S(=O)(=O)Cc1cccc(C(F)(F)F)c1. The number of halogens is 3. The molecule has 0 spiro atoms.